The third kappa shape index (κ3) is 5.74. The van der Waals surface area contributed by atoms with Crippen molar-refractivity contribution < 1.29 is 9.18 Å². The van der Waals surface area contributed by atoms with Crippen LogP contribution in [0.1, 0.15) is 71.1 Å². The molecule has 4 aromatic heterocycles. The number of aromatic nitrogens is 5. The van der Waals surface area contributed by atoms with E-state index in [1.807, 2.05) is 43.0 Å². The summed E-state index contributed by atoms with van der Waals surface area (Å²) in [5, 5.41) is 5.30. The lowest BCUT2D eigenvalue weighted by Crippen LogP contribution is -2.17. The minimum absolute atomic E-state index is 0.260. The zero-order valence-electron chi connectivity index (χ0n) is 19.5. The summed E-state index contributed by atoms with van der Waals surface area (Å²) >= 11 is 1.37. The highest BCUT2D eigenvalue weighted by Gasteiger charge is 2.16. The van der Waals surface area contributed by atoms with Crippen molar-refractivity contribution in [3.63, 3.8) is 0 Å². The largest absolute Gasteiger partial charge is 0.339 e. The molecule has 0 unspecified atom stereocenters. The molecule has 0 spiro atoms. The van der Waals surface area contributed by atoms with Crippen LogP contribution in [-0.2, 0) is 6.54 Å². The first-order chi connectivity index (χ1) is 17.0. The summed E-state index contributed by atoms with van der Waals surface area (Å²) in [7, 11) is 0. The molecule has 1 fully saturated rings. The summed E-state index contributed by atoms with van der Waals surface area (Å²) in [4.78, 5) is 25.6. The lowest BCUT2D eigenvalue weighted by molar-refractivity contribution is 0.101. The van der Waals surface area contributed by atoms with E-state index in [1.165, 1.54) is 55.7 Å². The fourth-order valence-corrected chi connectivity index (χ4v) is 5.16. The number of nitrogens with zero attached hydrogens (tertiary/aromatic N) is 5. The maximum absolute atomic E-state index is 13.5. The molecule has 35 heavy (non-hydrogen) atoms. The highest BCUT2D eigenvalue weighted by atomic mass is 32.1. The monoisotopic (exact) mass is 490 g/mol. The number of imidazole rings is 1. The van der Waals surface area contributed by atoms with E-state index in [1.54, 1.807) is 10.6 Å². The van der Waals surface area contributed by atoms with E-state index < -0.39 is 5.95 Å². The Morgan fingerprint density at radius 2 is 2.00 bits per heavy atom. The average Bonchev–Trinajstić information content (AvgIpc) is 3.58. The van der Waals surface area contributed by atoms with Crippen molar-refractivity contribution in [2.75, 3.05) is 5.32 Å². The standard InChI is InChI=1S/C26H27FN6OS/c1-18-11-23(32(13-18)14-19-9-10-28-24(27)12-19)25(34)31-26-30-21(16-35-26)8-7-20-15-33(17-29-20)22-5-3-2-4-6-22/h7-13,15-17,22H,2-6,14H2,1H3,(H,30,31,34)/b8-7+. The second-order valence-corrected chi connectivity index (χ2v) is 9.78. The Morgan fingerprint density at radius 1 is 1.17 bits per heavy atom. The normalized spacial score (nSPS) is 14.6. The van der Waals surface area contributed by atoms with Crippen LogP contribution in [0, 0.1) is 12.9 Å². The number of amides is 1. The van der Waals surface area contributed by atoms with Gasteiger partial charge in [0, 0.05) is 36.6 Å². The molecule has 0 aliphatic heterocycles. The first-order valence-corrected chi connectivity index (χ1v) is 12.7. The maximum atomic E-state index is 13.5. The Bertz CT molecular complexity index is 1350. The molecule has 0 radical (unpaired) electrons. The zero-order valence-corrected chi connectivity index (χ0v) is 20.3. The molecule has 7 nitrogen and oxygen atoms in total. The van der Waals surface area contributed by atoms with Crippen molar-refractivity contribution in [2.45, 2.75) is 51.6 Å². The van der Waals surface area contributed by atoms with Crippen LogP contribution in [0.15, 0.2) is 48.5 Å². The SMILES string of the molecule is Cc1cc(C(=O)Nc2nc(/C=C/c3cn(C4CCCCC4)cn3)cs2)n(Cc2ccnc(F)c2)c1. The highest BCUT2D eigenvalue weighted by Crippen LogP contribution is 2.28. The van der Waals surface area contributed by atoms with Crippen molar-refractivity contribution >= 4 is 34.5 Å². The fraction of sp³-hybridized carbons (Fsp3) is 0.308. The van der Waals surface area contributed by atoms with Crippen LogP contribution in [-0.4, -0.2) is 30.0 Å². The smallest absolute Gasteiger partial charge is 0.274 e. The molecule has 1 N–H and O–H groups in total. The Morgan fingerprint density at radius 3 is 2.83 bits per heavy atom. The van der Waals surface area contributed by atoms with E-state index >= 15 is 0 Å². The maximum Gasteiger partial charge on any atom is 0.274 e. The second-order valence-electron chi connectivity index (χ2n) is 8.92. The van der Waals surface area contributed by atoms with Crippen LogP contribution in [0.25, 0.3) is 12.2 Å². The minimum atomic E-state index is -0.540. The molecule has 0 saturated heterocycles. The topological polar surface area (TPSA) is 77.6 Å². The molecule has 4 heterocycles. The molecule has 0 bridgehead atoms. The Labute approximate surface area is 207 Å². The predicted molar refractivity (Wildman–Crippen MR) is 136 cm³/mol. The predicted octanol–water partition coefficient (Wildman–Crippen LogP) is 5.96. The third-order valence-electron chi connectivity index (χ3n) is 6.19. The zero-order chi connectivity index (χ0) is 24.2. The molecule has 0 aromatic carbocycles. The molecule has 5 rings (SSSR count). The van der Waals surface area contributed by atoms with Crippen LogP contribution in [0.2, 0.25) is 0 Å². The molecule has 1 aliphatic rings. The number of pyridine rings is 1. The van der Waals surface area contributed by atoms with Gasteiger partial charge in [-0.2, -0.15) is 4.39 Å². The summed E-state index contributed by atoms with van der Waals surface area (Å²) in [5.74, 6) is -0.801. The summed E-state index contributed by atoms with van der Waals surface area (Å²) < 4.78 is 17.5. The van der Waals surface area contributed by atoms with E-state index in [2.05, 4.69) is 31.0 Å². The number of anilines is 1. The Balaban J connectivity index is 1.23. The average molecular weight is 491 g/mol. The number of rotatable bonds is 7. The van der Waals surface area contributed by atoms with Crippen LogP contribution in [0.5, 0.6) is 0 Å². The van der Waals surface area contributed by atoms with E-state index in [9.17, 15) is 9.18 Å². The van der Waals surface area contributed by atoms with Gasteiger partial charge in [-0.3, -0.25) is 10.1 Å². The van der Waals surface area contributed by atoms with Crippen molar-refractivity contribution in [1.29, 1.82) is 0 Å². The summed E-state index contributed by atoms with van der Waals surface area (Å²) in [5.41, 5.74) is 3.82. The number of nitrogens with one attached hydrogen (secondary N) is 1. The van der Waals surface area contributed by atoms with Gasteiger partial charge in [0.05, 0.1) is 17.7 Å². The van der Waals surface area contributed by atoms with Gasteiger partial charge < -0.3 is 9.13 Å². The summed E-state index contributed by atoms with van der Waals surface area (Å²) in [6.45, 7) is 2.29. The molecule has 9 heteroatoms. The molecule has 1 saturated carbocycles. The number of hydrogen-bond acceptors (Lipinski definition) is 5. The number of aryl methyl sites for hydroxylation is 1. The number of carbonyl (C=O) groups is 1. The fourth-order valence-electron chi connectivity index (χ4n) is 4.49. The van der Waals surface area contributed by atoms with Crippen LogP contribution in [0.3, 0.4) is 0 Å². The Kier molecular flexibility index (Phi) is 6.85. The van der Waals surface area contributed by atoms with Crippen LogP contribution < -0.4 is 5.32 Å². The van der Waals surface area contributed by atoms with Gasteiger partial charge in [-0.15, -0.1) is 11.3 Å². The Hall–Kier alpha value is -3.59. The van der Waals surface area contributed by atoms with E-state index in [0.717, 1.165) is 22.5 Å². The number of hydrogen-bond donors (Lipinski definition) is 1. The van der Waals surface area contributed by atoms with Crippen LogP contribution in [0.4, 0.5) is 9.52 Å². The van der Waals surface area contributed by atoms with Gasteiger partial charge in [0.15, 0.2) is 5.13 Å². The van der Waals surface area contributed by atoms with Gasteiger partial charge >= 0.3 is 0 Å². The van der Waals surface area contributed by atoms with Gasteiger partial charge in [0.2, 0.25) is 5.95 Å². The van der Waals surface area contributed by atoms with Gasteiger partial charge in [0.25, 0.3) is 5.91 Å². The highest BCUT2D eigenvalue weighted by molar-refractivity contribution is 7.14. The molecule has 1 aliphatic carbocycles. The number of halogens is 1. The van der Waals surface area contributed by atoms with Crippen LogP contribution >= 0.6 is 11.3 Å². The minimum Gasteiger partial charge on any atom is -0.339 e. The lowest BCUT2D eigenvalue weighted by Gasteiger charge is -2.22. The first kappa shape index (κ1) is 23.2. The van der Waals surface area contributed by atoms with Gasteiger partial charge in [-0.1, -0.05) is 19.3 Å². The van der Waals surface area contributed by atoms with Crippen molar-refractivity contribution in [2.24, 2.45) is 0 Å². The lowest BCUT2D eigenvalue weighted by atomic mass is 9.95. The summed E-state index contributed by atoms with van der Waals surface area (Å²) in [6, 6.07) is 5.47. The van der Waals surface area contributed by atoms with Gasteiger partial charge in [-0.05, 0) is 61.2 Å². The summed E-state index contributed by atoms with van der Waals surface area (Å²) in [6.07, 6.45) is 17.5. The molecule has 4 aromatic rings. The molecule has 1 amide bonds. The van der Waals surface area contributed by atoms with Gasteiger partial charge in [-0.25, -0.2) is 15.0 Å². The molecular weight excluding hydrogens is 463 g/mol. The van der Waals surface area contributed by atoms with Crippen molar-refractivity contribution in [3.05, 3.63) is 82.7 Å². The first-order valence-electron chi connectivity index (χ1n) is 11.8. The number of carbonyl (C=O) groups excluding carboxylic acids is 1. The molecule has 0 atom stereocenters. The quantitative estimate of drug-likeness (QED) is 0.324. The van der Waals surface area contributed by atoms with E-state index in [4.69, 9.17) is 0 Å². The third-order valence-corrected chi connectivity index (χ3v) is 6.97. The van der Waals surface area contributed by atoms with Crippen molar-refractivity contribution in [1.82, 2.24) is 24.1 Å². The van der Waals surface area contributed by atoms with E-state index in [-0.39, 0.29) is 5.91 Å². The van der Waals surface area contributed by atoms with E-state index in [0.29, 0.717) is 23.4 Å². The second kappa shape index (κ2) is 10.4. The molecular formula is C26H27FN6OS. The van der Waals surface area contributed by atoms with Gasteiger partial charge in [0.1, 0.15) is 5.69 Å². The molecule has 180 valence electrons. The van der Waals surface area contributed by atoms with Crippen molar-refractivity contribution in [3.8, 4) is 0 Å². The number of thiazole rings is 1.